The van der Waals surface area contributed by atoms with E-state index in [1.165, 1.54) is 26.0 Å². The Morgan fingerprint density at radius 2 is 2.07 bits per heavy atom. The molecule has 1 unspecified atom stereocenters. The quantitative estimate of drug-likeness (QED) is 0.839. The molecule has 2 N–H and O–H groups in total. The molecule has 2 nitrogen and oxygen atoms in total. The highest BCUT2D eigenvalue weighted by Gasteiger charge is 2.26. The lowest BCUT2D eigenvalue weighted by atomic mass is 9.95. The highest BCUT2D eigenvalue weighted by Crippen LogP contribution is 2.23. The molecular weight excluding hydrogens is 219 g/mol. The lowest BCUT2D eigenvalue weighted by molar-refractivity contribution is -0.0472. The van der Waals surface area contributed by atoms with Crippen molar-refractivity contribution >= 4 is 11.6 Å². The van der Waals surface area contributed by atoms with Crippen LogP contribution in [-0.2, 0) is 6.42 Å². The van der Waals surface area contributed by atoms with Crippen LogP contribution in [0, 0.1) is 5.82 Å². The molecule has 1 aromatic rings. The van der Waals surface area contributed by atoms with E-state index in [2.05, 4.69) is 0 Å². The van der Waals surface area contributed by atoms with Crippen LogP contribution in [0.5, 0.6) is 0 Å². The Balaban J connectivity index is 2.90. The Kier molecular flexibility index (Phi) is 3.71. The minimum Gasteiger partial charge on any atom is -0.390 e. The van der Waals surface area contributed by atoms with Gasteiger partial charge in [-0.2, -0.15) is 0 Å². The molecule has 1 rings (SSSR count). The number of aliphatic hydroxyl groups excluding tert-OH is 1. The van der Waals surface area contributed by atoms with Gasteiger partial charge in [0.25, 0.3) is 0 Å². The third-order valence-electron chi connectivity index (χ3n) is 2.27. The first kappa shape index (κ1) is 12.4. The summed E-state index contributed by atoms with van der Waals surface area (Å²) in [6.45, 7) is 2.93. The van der Waals surface area contributed by atoms with Crippen molar-refractivity contribution < 1.29 is 14.6 Å². The molecule has 1 atom stereocenters. The van der Waals surface area contributed by atoms with Crippen LogP contribution in [0.4, 0.5) is 4.39 Å². The molecule has 0 aliphatic carbocycles. The summed E-state index contributed by atoms with van der Waals surface area (Å²) >= 11 is 5.79. The predicted molar refractivity (Wildman–Crippen MR) is 57.4 cm³/mol. The van der Waals surface area contributed by atoms with Crippen LogP contribution < -0.4 is 0 Å². The van der Waals surface area contributed by atoms with Crippen molar-refractivity contribution in [3.05, 3.63) is 34.6 Å². The predicted octanol–water partition coefficient (Wildman–Crippen LogP) is 2.15. The largest absolute Gasteiger partial charge is 0.390 e. The maximum Gasteiger partial charge on any atom is 0.127 e. The van der Waals surface area contributed by atoms with Gasteiger partial charge in [-0.15, -0.1) is 0 Å². The summed E-state index contributed by atoms with van der Waals surface area (Å²) < 4.78 is 13.3. The Morgan fingerprint density at radius 3 is 2.53 bits per heavy atom. The Hall–Kier alpha value is -0.640. The van der Waals surface area contributed by atoms with E-state index in [1.54, 1.807) is 6.07 Å². The number of rotatable bonds is 3. The Labute approximate surface area is 93.3 Å². The van der Waals surface area contributed by atoms with E-state index in [9.17, 15) is 14.6 Å². The van der Waals surface area contributed by atoms with Crippen molar-refractivity contribution in [3.8, 4) is 0 Å². The molecule has 0 spiro atoms. The molecule has 15 heavy (non-hydrogen) atoms. The average molecular weight is 233 g/mol. The van der Waals surface area contributed by atoms with Gasteiger partial charge in [0.15, 0.2) is 0 Å². The molecule has 0 radical (unpaired) electrons. The minimum atomic E-state index is -1.27. The van der Waals surface area contributed by atoms with E-state index in [0.29, 0.717) is 0 Å². The van der Waals surface area contributed by atoms with Crippen LogP contribution in [0.15, 0.2) is 18.2 Å². The molecule has 0 heterocycles. The number of hydrogen-bond donors (Lipinski definition) is 2. The second-order valence-corrected chi connectivity index (χ2v) is 4.48. The first-order chi connectivity index (χ1) is 6.82. The van der Waals surface area contributed by atoms with Crippen molar-refractivity contribution in [2.24, 2.45) is 0 Å². The summed E-state index contributed by atoms with van der Waals surface area (Å²) in [5, 5.41) is 19.4. The maximum absolute atomic E-state index is 13.3. The summed E-state index contributed by atoms with van der Waals surface area (Å²) in [6.07, 6.45) is -1.05. The molecule has 4 heteroatoms. The summed E-state index contributed by atoms with van der Waals surface area (Å²) in [4.78, 5) is 0. The molecule has 0 fully saturated rings. The van der Waals surface area contributed by atoms with Gasteiger partial charge in [0.2, 0.25) is 0 Å². The van der Waals surface area contributed by atoms with E-state index in [-0.39, 0.29) is 17.0 Å². The van der Waals surface area contributed by atoms with Crippen LogP contribution >= 0.6 is 11.6 Å². The highest BCUT2D eigenvalue weighted by atomic mass is 35.5. The van der Waals surface area contributed by atoms with E-state index in [4.69, 9.17) is 11.6 Å². The molecule has 84 valence electrons. The normalized spacial score (nSPS) is 14.0. The number of benzene rings is 1. The molecule has 0 saturated carbocycles. The Bertz CT molecular complexity index is 327. The third-order valence-corrected chi connectivity index (χ3v) is 2.63. The molecule has 0 aliphatic rings. The zero-order valence-corrected chi connectivity index (χ0v) is 9.42. The molecule has 0 amide bonds. The summed E-state index contributed by atoms with van der Waals surface area (Å²) in [6, 6.07) is 4.33. The summed E-state index contributed by atoms with van der Waals surface area (Å²) in [5.41, 5.74) is -1.04. The van der Waals surface area contributed by atoms with Gasteiger partial charge in [-0.3, -0.25) is 0 Å². The molecular formula is C11H14ClFO2. The number of hydrogen-bond acceptors (Lipinski definition) is 2. The number of halogens is 2. The van der Waals surface area contributed by atoms with Crippen LogP contribution in [0.1, 0.15) is 19.4 Å². The lowest BCUT2D eigenvalue weighted by Gasteiger charge is -2.24. The van der Waals surface area contributed by atoms with Gasteiger partial charge < -0.3 is 10.2 Å². The molecule has 0 saturated heterocycles. The standard InChI is InChI=1S/C11H14ClFO2/c1-11(2,15)10(14)6-7-8(12)4-3-5-9(7)13/h3-5,10,14-15H,6H2,1-2H3. The fraction of sp³-hybridized carbons (Fsp3) is 0.455. The van der Waals surface area contributed by atoms with Gasteiger partial charge in [-0.05, 0) is 26.0 Å². The summed E-state index contributed by atoms with van der Waals surface area (Å²) in [7, 11) is 0. The topological polar surface area (TPSA) is 40.5 Å². The van der Waals surface area contributed by atoms with Crippen molar-refractivity contribution in [1.29, 1.82) is 0 Å². The number of aliphatic hydroxyl groups is 2. The van der Waals surface area contributed by atoms with E-state index in [1.807, 2.05) is 0 Å². The molecule has 0 bridgehead atoms. The Morgan fingerprint density at radius 1 is 1.47 bits per heavy atom. The van der Waals surface area contributed by atoms with E-state index >= 15 is 0 Å². The van der Waals surface area contributed by atoms with Gasteiger partial charge in [0, 0.05) is 17.0 Å². The van der Waals surface area contributed by atoms with Crippen LogP contribution in [0.25, 0.3) is 0 Å². The smallest absolute Gasteiger partial charge is 0.127 e. The fourth-order valence-corrected chi connectivity index (χ4v) is 1.41. The van der Waals surface area contributed by atoms with Gasteiger partial charge >= 0.3 is 0 Å². The van der Waals surface area contributed by atoms with Crippen molar-refractivity contribution in [3.63, 3.8) is 0 Å². The van der Waals surface area contributed by atoms with Crippen molar-refractivity contribution in [2.75, 3.05) is 0 Å². The van der Waals surface area contributed by atoms with E-state index in [0.717, 1.165) is 0 Å². The highest BCUT2D eigenvalue weighted by molar-refractivity contribution is 6.31. The minimum absolute atomic E-state index is 0.00495. The van der Waals surface area contributed by atoms with Gasteiger partial charge in [-0.25, -0.2) is 4.39 Å². The first-order valence-electron chi connectivity index (χ1n) is 4.65. The third kappa shape index (κ3) is 3.16. The molecule has 0 aliphatic heterocycles. The fourth-order valence-electron chi connectivity index (χ4n) is 1.17. The summed E-state index contributed by atoms with van der Waals surface area (Å²) in [5.74, 6) is -0.467. The monoisotopic (exact) mass is 232 g/mol. The van der Waals surface area contributed by atoms with Crippen LogP contribution in [-0.4, -0.2) is 21.9 Å². The SMILES string of the molecule is CC(C)(O)C(O)Cc1c(F)cccc1Cl. The second kappa shape index (κ2) is 4.47. The zero-order chi connectivity index (χ0) is 11.6. The van der Waals surface area contributed by atoms with Crippen molar-refractivity contribution in [2.45, 2.75) is 32.0 Å². The van der Waals surface area contributed by atoms with Crippen molar-refractivity contribution in [1.82, 2.24) is 0 Å². The molecule has 0 aromatic heterocycles. The molecule has 1 aromatic carbocycles. The van der Waals surface area contributed by atoms with Crippen LogP contribution in [0.3, 0.4) is 0 Å². The zero-order valence-electron chi connectivity index (χ0n) is 8.67. The first-order valence-corrected chi connectivity index (χ1v) is 5.03. The van der Waals surface area contributed by atoms with Gasteiger partial charge in [0.1, 0.15) is 5.82 Å². The lowest BCUT2D eigenvalue weighted by Crippen LogP contribution is -2.37. The second-order valence-electron chi connectivity index (χ2n) is 4.07. The maximum atomic E-state index is 13.3. The van der Waals surface area contributed by atoms with Gasteiger partial charge in [0.05, 0.1) is 11.7 Å². The van der Waals surface area contributed by atoms with E-state index < -0.39 is 17.5 Å². The average Bonchev–Trinajstić information content (AvgIpc) is 2.09. The van der Waals surface area contributed by atoms with Crippen LogP contribution in [0.2, 0.25) is 5.02 Å². The van der Waals surface area contributed by atoms with Gasteiger partial charge in [-0.1, -0.05) is 17.7 Å².